The van der Waals surface area contributed by atoms with Crippen LogP contribution in [0.1, 0.15) is 11.4 Å². The first kappa shape index (κ1) is 12.0. The van der Waals surface area contributed by atoms with Gasteiger partial charge in [-0.05, 0) is 31.5 Å². The standard InChI is InChI=1S/C13H17N3S/c1-10-3-4-12(14)9-13(10)17-8-7-16-6-5-15-11(16)2/h3-6,9H,7-8,14H2,1-2H3. The summed E-state index contributed by atoms with van der Waals surface area (Å²) < 4.78 is 2.16. The molecule has 0 radical (unpaired) electrons. The van der Waals surface area contributed by atoms with Crippen LogP contribution >= 0.6 is 11.8 Å². The molecule has 2 aromatic rings. The van der Waals surface area contributed by atoms with E-state index in [-0.39, 0.29) is 0 Å². The third-order valence-corrected chi connectivity index (χ3v) is 3.86. The van der Waals surface area contributed by atoms with Gasteiger partial charge in [-0.15, -0.1) is 11.8 Å². The Morgan fingerprint density at radius 2 is 2.18 bits per heavy atom. The number of hydrogen-bond acceptors (Lipinski definition) is 3. The Balaban J connectivity index is 1.94. The van der Waals surface area contributed by atoms with E-state index in [1.807, 2.05) is 43.2 Å². The van der Waals surface area contributed by atoms with Crippen LogP contribution in [0.4, 0.5) is 5.69 Å². The predicted octanol–water partition coefficient (Wildman–Crippen LogP) is 2.87. The van der Waals surface area contributed by atoms with E-state index in [9.17, 15) is 0 Å². The molecule has 90 valence electrons. The van der Waals surface area contributed by atoms with Gasteiger partial charge in [0, 0.05) is 35.3 Å². The first-order chi connectivity index (χ1) is 8.16. The minimum absolute atomic E-state index is 0.830. The van der Waals surface area contributed by atoms with E-state index in [1.54, 1.807) is 0 Å². The van der Waals surface area contributed by atoms with E-state index in [0.29, 0.717) is 0 Å². The van der Waals surface area contributed by atoms with E-state index in [0.717, 1.165) is 23.8 Å². The fraction of sp³-hybridized carbons (Fsp3) is 0.308. The van der Waals surface area contributed by atoms with Gasteiger partial charge < -0.3 is 10.3 Å². The summed E-state index contributed by atoms with van der Waals surface area (Å²) in [4.78, 5) is 5.47. The molecule has 17 heavy (non-hydrogen) atoms. The highest BCUT2D eigenvalue weighted by Gasteiger charge is 2.01. The molecule has 2 N–H and O–H groups in total. The average molecular weight is 247 g/mol. The van der Waals surface area contributed by atoms with Crippen LogP contribution < -0.4 is 5.73 Å². The molecular weight excluding hydrogens is 230 g/mol. The molecule has 0 aliphatic heterocycles. The summed E-state index contributed by atoms with van der Waals surface area (Å²) in [6.07, 6.45) is 3.86. The minimum Gasteiger partial charge on any atom is -0.399 e. The average Bonchev–Trinajstić information content (AvgIpc) is 2.70. The number of imidazole rings is 1. The molecule has 0 atom stereocenters. The summed E-state index contributed by atoms with van der Waals surface area (Å²) in [6, 6.07) is 6.06. The zero-order chi connectivity index (χ0) is 12.3. The Labute approximate surface area is 106 Å². The number of hydrogen-bond donors (Lipinski definition) is 1. The third kappa shape index (κ3) is 3.03. The lowest BCUT2D eigenvalue weighted by Crippen LogP contribution is -2.01. The van der Waals surface area contributed by atoms with Crippen molar-refractivity contribution in [2.45, 2.75) is 25.3 Å². The van der Waals surface area contributed by atoms with E-state index in [2.05, 4.69) is 22.5 Å². The Morgan fingerprint density at radius 1 is 1.35 bits per heavy atom. The maximum Gasteiger partial charge on any atom is 0.105 e. The van der Waals surface area contributed by atoms with E-state index in [4.69, 9.17) is 5.73 Å². The minimum atomic E-state index is 0.830. The van der Waals surface area contributed by atoms with Gasteiger partial charge in [0.15, 0.2) is 0 Å². The number of nitrogen functional groups attached to an aromatic ring is 1. The van der Waals surface area contributed by atoms with Crippen molar-refractivity contribution in [1.29, 1.82) is 0 Å². The summed E-state index contributed by atoms with van der Waals surface area (Å²) in [5.74, 6) is 2.09. The Hall–Kier alpha value is -1.42. The first-order valence-electron chi connectivity index (χ1n) is 5.63. The zero-order valence-electron chi connectivity index (χ0n) is 10.2. The van der Waals surface area contributed by atoms with Gasteiger partial charge >= 0.3 is 0 Å². The highest BCUT2D eigenvalue weighted by Crippen LogP contribution is 2.24. The molecule has 0 aliphatic carbocycles. The van der Waals surface area contributed by atoms with Crippen LogP contribution in [0.3, 0.4) is 0 Å². The molecule has 0 unspecified atom stereocenters. The van der Waals surface area contributed by atoms with Gasteiger partial charge in [-0.25, -0.2) is 4.98 Å². The van der Waals surface area contributed by atoms with E-state index in [1.165, 1.54) is 10.5 Å². The van der Waals surface area contributed by atoms with Gasteiger partial charge in [0.2, 0.25) is 0 Å². The summed E-state index contributed by atoms with van der Waals surface area (Å²) in [7, 11) is 0. The van der Waals surface area contributed by atoms with Crippen molar-refractivity contribution in [3.63, 3.8) is 0 Å². The van der Waals surface area contributed by atoms with Gasteiger partial charge in [-0.3, -0.25) is 0 Å². The monoisotopic (exact) mass is 247 g/mol. The maximum atomic E-state index is 5.79. The van der Waals surface area contributed by atoms with Crippen molar-refractivity contribution >= 4 is 17.4 Å². The molecule has 1 heterocycles. The lowest BCUT2D eigenvalue weighted by atomic mass is 10.2. The summed E-state index contributed by atoms with van der Waals surface area (Å²) in [5, 5.41) is 0. The lowest BCUT2D eigenvalue weighted by Gasteiger charge is -2.08. The predicted molar refractivity (Wildman–Crippen MR) is 73.3 cm³/mol. The molecule has 4 heteroatoms. The van der Waals surface area contributed by atoms with Gasteiger partial charge in [0.1, 0.15) is 5.82 Å². The number of aryl methyl sites for hydroxylation is 3. The molecular formula is C13H17N3S. The molecule has 2 rings (SSSR count). The molecule has 0 saturated heterocycles. The molecule has 0 saturated carbocycles. The van der Waals surface area contributed by atoms with Gasteiger partial charge in [-0.1, -0.05) is 6.07 Å². The third-order valence-electron chi connectivity index (χ3n) is 2.73. The molecule has 0 amide bonds. The SMILES string of the molecule is Cc1ccc(N)cc1SCCn1ccnc1C. The number of rotatable bonds is 4. The number of thioether (sulfide) groups is 1. The number of nitrogens with zero attached hydrogens (tertiary/aromatic N) is 2. The van der Waals surface area contributed by atoms with Crippen molar-refractivity contribution in [2.24, 2.45) is 0 Å². The molecule has 0 spiro atoms. The van der Waals surface area contributed by atoms with Crippen molar-refractivity contribution in [2.75, 3.05) is 11.5 Å². The largest absolute Gasteiger partial charge is 0.399 e. The quantitative estimate of drug-likeness (QED) is 0.667. The van der Waals surface area contributed by atoms with Crippen LogP contribution in [0, 0.1) is 13.8 Å². The van der Waals surface area contributed by atoms with Gasteiger partial charge in [0.05, 0.1) is 0 Å². The fourth-order valence-electron chi connectivity index (χ4n) is 1.67. The van der Waals surface area contributed by atoms with Crippen molar-refractivity contribution in [1.82, 2.24) is 9.55 Å². The first-order valence-corrected chi connectivity index (χ1v) is 6.62. The highest BCUT2D eigenvalue weighted by molar-refractivity contribution is 7.99. The second kappa shape index (κ2) is 5.27. The smallest absolute Gasteiger partial charge is 0.105 e. The second-order valence-electron chi connectivity index (χ2n) is 4.04. The Kier molecular flexibility index (Phi) is 3.74. The Bertz CT molecular complexity index is 505. The number of benzene rings is 1. The maximum absolute atomic E-state index is 5.79. The zero-order valence-corrected chi connectivity index (χ0v) is 11.0. The summed E-state index contributed by atoms with van der Waals surface area (Å²) in [6.45, 7) is 5.12. The molecule has 1 aromatic heterocycles. The van der Waals surface area contributed by atoms with Crippen LogP contribution in [0.5, 0.6) is 0 Å². The van der Waals surface area contributed by atoms with E-state index < -0.39 is 0 Å². The van der Waals surface area contributed by atoms with Crippen LogP contribution in [0.25, 0.3) is 0 Å². The van der Waals surface area contributed by atoms with Crippen molar-refractivity contribution < 1.29 is 0 Å². The van der Waals surface area contributed by atoms with Crippen LogP contribution in [0.15, 0.2) is 35.5 Å². The van der Waals surface area contributed by atoms with Crippen LogP contribution in [0.2, 0.25) is 0 Å². The van der Waals surface area contributed by atoms with Crippen LogP contribution in [-0.4, -0.2) is 15.3 Å². The van der Waals surface area contributed by atoms with Gasteiger partial charge in [0.25, 0.3) is 0 Å². The lowest BCUT2D eigenvalue weighted by molar-refractivity contribution is 0.738. The van der Waals surface area contributed by atoms with Crippen molar-refractivity contribution in [3.05, 3.63) is 42.0 Å². The summed E-state index contributed by atoms with van der Waals surface area (Å²) in [5.41, 5.74) is 7.90. The molecule has 3 nitrogen and oxygen atoms in total. The molecule has 0 fully saturated rings. The van der Waals surface area contributed by atoms with E-state index >= 15 is 0 Å². The number of nitrogens with two attached hydrogens (primary N) is 1. The molecule has 0 aliphatic rings. The fourth-order valence-corrected chi connectivity index (χ4v) is 2.69. The topological polar surface area (TPSA) is 43.8 Å². The van der Waals surface area contributed by atoms with Gasteiger partial charge in [-0.2, -0.15) is 0 Å². The number of anilines is 1. The number of aromatic nitrogens is 2. The normalized spacial score (nSPS) is 10.7. The molecule has 0 bridgehead atoms. The Morgan fingerprint density at radius 3 is 2.88 bits per heavy atom. The molecule has 1 aromatic carbocycles. The van der Waals surface area contributed by atoms with Crippen LogP contribution in [-0.2, 0) is 6.54 Å². The highest BCUT2D eigenvalue weighted by atomic mass is 32.2. The summed E-state index contributed by atoms with van der Waals surface area (Å²) >= 11 is 1.84. The van der Waals surface area contributed by atoms with Crippen molar-refractivity contribution in [3.8, 4) is 0 Å². The second-order valence-corrected chi connectivity index (χ2v) is 5.18.